The van der Waals surface area contributed by atoms with Crippen LogP contribution in [0.15, 0.2) is 0 Å². The molecule has 1 N–H and O–H groups in total. The normalized spacial score (nSPS) is 46.6. The van der Waals surface area contributed by atoms with Crippen molar-refractivity contribution >= 4 is 5.97 Å². The third kappa shape index (κ3) is 3.90. The number of carboxylic acids is 1. The van der Waals surface area contributed by atoms with Crippen molar-refractivity contribution in [2.45, 2.75) is 110 Å². The zero-order valence-corrected chi connectivity index (χ0v) is 19.1. The minimum atomic E-state index is -0.627. The van der Waals surface area contributed by atoms with Crippen LogP contribution < -0.4 is 0 Å². The van der Waals surface area contributed by atoms with Crippen molar-refractivity contribution in [3.8, 4) is 0 Å². The molecule has 0 aliphatic heterocycles. The molecular weight excluding hydrogens is 360 g/mol. The first-order valence-electron chi connectivity index (χ1n) is 12.7. The Kier molecular flexibility index (Phi) is 6.36. The molecule has 0 saturated heterocycles. The molecule has 166 valence electrons. The fourth-order valence-corrected chi connectivity index (χ4v) is 8.74. The second-order valence-corrected chi connectivity index (χ2v) is 11.5. The first-order valence-corrected chi connectivity index (χ1v) is 12.7. The molecule has 0 spiro atoms. The number of hydrogen-bond donors (Lipinski definition) is 1. The Labute approximate surface area is 178 Å². The summed E-state index contributed by atoms with van der Waals surface area (Å²) in [7, 11) is 0. The lowest BCUT2D eigenvalue weighted by molar-refractivity contribution is -0.138. The van der Waals surface area contributed by atoms with Crippen molar-refractivity contribution in [3.05, 3.63) is 0 Å². The third-order valence-electron chi connectivity index (χ3n) is 10.3. The topological polar surface area (TPSA) is 46.5 Å². The van der Waals surface area contributed by atoms with Crippen molar-refractivity contribution in [2.75, 3.05) is 6.61 Å². The van der Waals surface area contributed by atoms with Crippen molar-refractivity contribution < 1.29 is 14.6 Å². The second kappa shape index (κ2) is 8.52. The number of ether oxygens (including phenoxy) is 1. The highest BCUT2D eigenvalue weighted by atomic mass is 16.5. The lowest BCUT2D eigenvalue weighted by Gasteiger charge is -2.61. The molecule has 8 unspecified atom stereocenters. The van der Waals surface area contributed by atoms with Crippen molar-refractivity contribution in [2.24, 2.45) is 40.4 Å². The van der Waals surface area contributed by atoms with Gasteiger partial charge in [-0.3, -0.25) is 4.79 Å². The molecule has 4 rings (SSSR count). The Balaban J connectivity index is 1.42. The number of carboxylic acid groups (broad SMARTS) is 1. The van der Waals surface area contributed by atoms with Crippen LogP contribution in [0.4, 0.5) is 0 Å². The van der Waals surface area contributed by atoms with Gasteiger partial charge in [-0.25, -0.2) is 0 Å². The minimum Gasteiger partial charge on any atom is -0.481 e. The van der Waals surface area contributed by atoms with E-state index in [0.29, 0.717) is 23.4 Å². The lowest BCUT2D eigenvalue weighted by Crippen LogP contribution is -2.54. The average molecular weight is 405 g/mol. The molecule has 0 heterocycles. The Hall–Kier alpha value is -0.570. The van der Waals surface area contributed by atoms with Gasteiger partial charge in [0.2, 0.25) is 0 Å². The zero-order chi connectivity index (χ0) is 20.6. The van der Waals surface area contributed by atoms with Crippen LogP contribution in [0.3, 0.4) is 0 Å². The van der Waals surface area contributed by atoms with E-state index in [2.05, 4.69) is 20.8 Å². The van der Waals surface area contributed by atoms with Crippen LogP contribution in [0.1, 0.15) is 104 Å². The molecule has 4 fully saturated rings. The molecular formula is C26H44O3. The smallest absolute Gasteiger partial charge is 0.303 e. The van der Waals surface area contributed by atoms with Crippen LogP contribution in [0, 0.1) is 40.4 Å². The van der Waals surface area contributed by atoms with E-state index in [1.54, 1.807) is 0 Å². The maximum absolute atomic E-state index is 11.0. The summed E-state index contributed by atoms with van der Waals surface area (Å²) in [5.41, 5.74) is 1.02. The van der Waals surface area contributed by atoms with Crippen molar-refractivity contribution in [1.82, 2.24) is 0 Å². The summed E-state index contributed by atoms with van der Waals surface area (Å²) in [6.07, 6.45) is 16.4. The van der Waals surface area contributed by atoms with Gasteiger partial charge >= 0.3 is 5.97 Å². The maximum atomic E-state index is 11.0. The molecule has 0 radical (unpaired) electrons. The molecule has 3 heteroatoms. The fraction of sp³-hybridized carbons (Fsp3) is 0.962. The predicted octanol–water partition coefficient (Wildman–Crippen LogP) is 6.70. The Bertz CT molecular complexity index is 589. The molecule has 0 aromatic carbocycles. The summed E-state index contributed by atoms with van der Waals surface area (Å²) in [4.78, 5) is 11.0. The highest BCUT2D eigenvalue weighted by molar-refractivity contribution is 5.66. The van der Waals surface area contributed by atoms with E-state index in [1.807, 2.05) is 0 Å². The van der Waals surface area contributed by atoms with Gasteiger partial charge in [-0.05, 0) is 117 Å². The minimum absolute atomic E-state index is 0.352. The molecule has 0 bridgehead atoms. The Morgan fingerprint density at radius 1 is 1.00 bits per heavy atom. The summed E-state index contributed by atoms with van der Waals surface area (Å²) >= 11 is 0. The number of carbonyl (C=O) groups is 1. The summed E-state index contributed by atoms with van der Waals surface area (Å²) in [5.74, 6) is 3.74. The van der Waals surface area contributed by atoms with E-state index in [1.165, 1.54) is 57.8 Å². The molecule has 4 aliphatic rings. The summed E-state index contributed by atoms with van der Waals surface area (Å²) in [5, 5.41) is 9.03. The molecule has 8 atom stereocenters. The number of hydrogen-bond acceptors (Lipinski definition) is 2. The molecule has 4 aliphatic carbocycles. The second-order valence-electron chi connectivity index (χ2n) is 11.5. The van der Waals surface area contributed by atoms with E-state index >= 15 is 0 Å². The SMILES string of the molecule is CCCOC1CCC2(C)C(CCC3C4CCC(CCCC(=O)O)C4(C)CCC32)C1. The molecule has 0 amide bonds. The van der Waals surface area contributed by atoms with E-state index in [-0.39, 0.29) is 0 Å². The number of aliphatic carboxylic acids is 1. The van der Waals surface area contributed by atoms with Crippen LogP contribution in [-0.2, 0) is 9.53 Å². The first kappa shape index (κ1) is 21.7. The van der Waals surface area contributed by atoms with Gasteiger partial charge in [0.05, 0.1) is 6.10 Å². The van der Waals surface area contributed by atoms with E-state index in [9.17, 15) is 4.79 Å². The van der Waals surface area contributed by atoms with E-state index < -0.39 is 5.97 Å². The fourth-order valence-electron chi connectivity index (χ4n) is 8.74. The number of fused-ring (bicyclic) bond motifs is 5. The van der Waals surface area contributed by atoms with E-state index in [0.717, 1.165) is 55.5 Å². The average Bonchev–Trinajstić information content (AvgIpc) is 3.02. The predicted molar refractivity (Wildman–Crippen MR) is 117 cm³/mol. The van der Waals surface area contributed by atoms with Gasteiger partial charge in [-0.1, -0.05) is 20.8 Å². The highest BCUT2D eigenvalue weighted by Gasteiger charge is 2.59. The van der Waals surface area contributed by atoms with Gasteiger partial charge in [0, 0.05) is 13.0 Å². The van der Waals surface area contributed by atoms with Crippen LogP contribution in [0.2, 0.25) is 0 Å². The van der Waals surface area contributed by atoms with Crippen LogP contribution in [0.5, 0.6) is 0 Å². The van der Waals surface area contributed by atoms with Gasteiger partial charge in [0.1, 0.15) is 0 Å². The van der Waals surface area contributed by atoms with Gasteiger partial charge in [-0.2, -0.15) is 0 Å². The van der Waals surface area contributed by atoms with Gasteiger partial charge in [0.15, 0.2) is 0 Å². The van der Waals surface area contributed by atoms with Crippen molar-refractivity contribution in [3.63, 3.8) is 0 Å². The highest BCUT2D eigenvalue weighted by Crippen LogP contribution is 2.68. The van der Waals surface area contributed by atoms with Crippen LogP contribution in [-0.4, -0.2) is 23.8 Å². The zero-order valence-electron chi connectivity index (χ0n) is 19.1. The summed E-state index contributed by atoms with van der Waals surface area (Å²) in [6, 6.07) is 0. The summed E-state index contributed by atoms with van der Waals surface area (Å²) < 4.78 is 6.17. The Morgan fingerprint density at radius 2 is 1.76 bits per heavy atom. The van der Waals surface area contributed by atoms with Crippen LogP contribution >= 0.6 is 0 Å². The van der Waals surface area contributed by atoms with Gasteiger partial charge < -0.3 is 9.84 Å². The van der Waals surface area contributed by atoms with Crippen LogP contribution in [0.25, 0.3) is 0 Å². The van der Waals surface area contributed by atoms with Gasteiger partial charge in [0.25, 0.3) is 0 Å². The molecule has 4 saturated carbocycles. The maximum Gasteiger partial charge on any atom is 0.303 e. The quantitative estimate of drug-likeness (QED) is 0.514. The third-order valence-corrected chi connectivity index (χ3v) is 10.3. The standard InChI is InChI=1S/C26H44O3/c1-4-16-29-20-12-14-26(3)19(17-20)8-10-21-22-11-9-18(6-5-7-24(27)28)25(22,2)15-13-23(21)26/h18-23H,4-17H2,1-3H3,(H,27,28). The van der Waals surface area contributed by atoms with Gasteiger partial charge in [-0.15, -0.1) is 0 Å². The Morgan fingerprint density at radius 3 is 2.52 bits per heavy atom. The number of rotatable bonds is 7. The molecule has 29 heavy (non-hydrogen) atoms. The lowest BCUT2D eigenvalue weighted by atomic mass is 9.44. The molecule has 0 aromatic rings. The first-order chi connectivity index (χ1) is 13.9. The molecule has 3 nitrogen and oxygen atoms in total. The monoisotopic (exact) mass is 404 g/mol. The largest absolute Gasteiger partial charge is 0.481 e. The summed E-state index contributed by atoms with van der Waals surface area (Å²) in [6.45, 7) is 8.38. The van der Waals surface area contributed by atoms with E-state index in [4.69, 9.17) is 9.84 Å². The van der Waals surface area contributed by atoms with Crippen molar-refractivity contribution in [1.29, 1.82) is 0 Å². The molecule has 0 aromatic heterocycles.